The molecule has 0 atom stereocenters. The lowest BCUT2D eigenvalue weighted by Crippen LogP contribution is -2.39. The highest BCUT2D eigenvalue weighted by Crippen LogP contribution is 2.21. The van der Waals surface area contributed by atoms with E-state index in [-0.39, 0.29) is 5.91 Å². The quantitative estimate of drug-likeness (QED) is 0.666. The Morgan fingerprint density at radius 3 is 2.07 bits per heavy atom. The van der Waals surface area contributed by atoms with Crippen molar-refractivity contribution in [1.29, 1.82) is 0 Å². The third kappa shape index (κ3) is 6.48. The molecule has 0 unspecified atom stereocenters. The van der Waals surface area contributed by atoms with Crippen LogP contribution in [0.25, 0.3) is 11.1 Å². The van der Waals surface area contributed by atoms with Crippen molar-refractivity contribution in [2.45, 2.75) is 44.8 Å². The van der Waals surface area contributed by atoms with Crippen LogP contribution in [0.3, 0.4) is 0 Å². The Morgan fingerprint density at radius 2 is 1.48 bits per heavy atom. The third-order valence-electron chi connectivity index (χ3n) is 4.20. The lowest BCUT2D eigenvalue weighted by Gasteiger charge is -2.19. The number of nitrogens with one attached hydrogen (secondary N) is 2. The molecule has 0 aromatic heterocycles. The van der Waals surface area contributed by atoms with E-state index in [1.165, 1.54) is 0 Å². The minimum absolute atomic E-state index is 0.0684. The van der Waals surface area contributed by atoms with Gasteiger partial charge >= 0.3 is 0 Å². The minimum atomic E-state index is -3.32. The number of amides is 1. The molecule has 2 rings (SSSR count). The first kappa shape index (κ1) is 21.1. The summed E-state index contributed by atoms with van der Waals surface area (Å²) >= 11 is 0. The summed E-state index contributed by atoms with van der Waals surface area (Å²) in [6.45, 7) is 5.32. The van der Waals surface area contributed by atoms with E-state index in [9.17, 15) is 13.2 Å². The zero-order chi connectivity index (χ0) is 19.9. The van der Waals surface area contributed by atoms with Gasteiger partial charge in [-0.15, -0.1) is 0 Å². The van der Waals surface area contributed by atoms with Gasteiger partial charge in [-0.25, -0.2) is 13.1 Å². The summed E-state index contributed by atoms with van der Waals surface area (Å²) in [5, 5.41) is 2.87. The number of unbranched alkanes of at least 4 members (excludes halogenated alkanes) is 1. The molecule has 0 heterocycles. The number of carbonyl (C=O) groups is 1. The smallest absolute Gasteiger partial charge is 0.224 e. The Labute approximate surface area is 162 Å². The number of rotatable bonds is 8. The first-order valence-electron chi connectivity index (χ1n) is 9.13. The van der Waals surface area contributed by atoms with Gasteiger partial charge in [0.2, 0.25) is 15.9 Å². The van der Waals surface area contributed by atoms with E-state index in [0.29, 0.717) is 25.8 Å². The fourth-order valence-electron chi connectivity index (χ4n) is 2.43. The first-order chi connectivity index (χ1) is 12.7. The van der Waals surface area contributed by atoms with E-state index in [2.05, 4.69) is 10.0 Å². The van der Waals surface area contributed by atoms with Crippen LogP contribution in [0, 0.1) is 0 Å². The van der Waals surface area contributed by atoms with Gasteiger partial charge in [-0.3, -0.25) is 4.79 Å². The topological polar surface area (TPSA) is 75.3 Å². The van der Waals surface area contributed by atoms with Gasteiger partial charge in [0, 0.05) is 18.7 Å². The van der Waals surface area contributed by atoms with Gasteiger partial charge in [-0.05, 0) is 56.9 Å². The van der Waals surface area contributed by atoms with Crippen LogP contribution in [0.4, 0.5) is 5.69 Å². The maximum atomic E-state index is 12.0. The fourth-order valence-corrected chi connectivity index (χ4v) is 3.28. The second kappa shape index (κ2) is 9.15. The zero-order valence-corrected chi connectivity index (χ0v) is 17.0. The summed E-state index contributed by atoms with van der Waals surface area (Å²) in [6.07, 6.45) is 1.61. The molecule has 1 amide bonds. The zero-order valence-electron chi connectivity index (χ0n) is 16.2. The molecule has 2 N–H and O–H groups in total. The minimum Gasteiger partial charge on any atom is -0.326 e. The largest absolute Gasteiger partial charge is 0.326 e. The van der Waals surface area contributed by atoms with Crippen molar-refractivity contribution in [2.75, 3.05) is 11.9 Å². The molecule has 0 bridgehead atoms. The summed E-state index contributed by atoms with van der Waals surface area (Å²) in [5.41, 5.74) is 2.99. The second-order valence-corrected chi connectivity index (χ2v) is 9.98. The van der Waals surface area contributed by atoms with E-state index < -0.39 is 14.8 Å². The van der Waals surface area contributed by atoms with Crippen LogP contribution in [0.5, 0.6) is 0 Å². The highest BCUT2D eigenvalue weighted by atomic mass is 32.2. The Kier molecular flexibility index (Phi) is 7.16. The van der Waals surface area contributed by atoms with Crippen molar-refractivity contribution in [3.8, 4) is 11.1 Å². The second-order valence-electron chi connectivity index (χ2n) is 7.46. The molecule has 5 nitrogen and oxygen atoms in total. The Morgan fingerprint density at radius 1 is 0.889 bits per heavy atom. The average molecular weight is 389 g/mol. The average Bonchev–Trinajstić information content (AvgIpc) is 2.62. The summed E-state index contributed by atoms with van der Waals surface area (Å²) in [6, 6.07) is 17.8. The Hall–Kier alpha value is -2.18. The number of anilines is 1. The molecule has 27 heavy (non-hydrogen) atoms. The maximum absolute atomic E-state index is 12.0. The number of hydrogen-bond donors (Lipinski definition) is 2. The normalized spacial score (nSPS) is 12.0. The van der Waals surface area contributed by atoms with Crippen LogP contribution in [0.15, 0.2) is 54.6 Å². The molecule has 0 aliphatic carbocycles. The number of sulfonamides is 1. The fraction of sp³-hybridized carbons (Fsp3) is 0.381. The van der Waals surface area contributed by atoms with Crippen LogP contribution in [-0.2, 0) is 14.8 Å². The Balaban J connectivity index is 1.73. The van der Waals surface area contributed by atoms with E-state index in [4.69, 9.17) is 0 Å². The lowest BCUT2D eigenvalue weighted by molar-refractivity contribution is -0.116. The third-order valence-corrected chi connectivity index (χ3v) is 6.40. The van der Waals surface area contributed by atoms with E-state index >= 15 is 0 Å². The van der Waals surface area contributed by atoms with Crippen LogP contribution in [0.2, 0.25) is 0 Å². The number of benzene rings is 2. The Bertz CT molecular complexity index is 839. The molecule has 0 aliphatic rings. The van der Waals surface area contributed by atoms with Crippen molar-refractivity contribution >= 4 is 21.6 Å². The van der Waals surface area contributed by atoms with E-state index in [0.717, 1.165) is 16.8 Å². The molecule has 0 spiro atoms. The standard InChI is InChI=1S/C21H28N2O3S/c1-21(2,3)27(25,26)22-16-8-7-11-20(24)23-19-14-12-18(13-15-19)17-9-5-4-6-10-17/h4-6,9-10,12-15,22H,7-8,11,16H2,1-3H3,(H,23,24). The molecular weight excluding hydrogens is 360 g/mol. The van der Waals surface area contributed by atoms with Gasteiger partial charge in [-0.1, -0.05) is 42.5 Å². The molecule has 0 fully saturated rings. The van der Waals surface area contributed by atoms with Crippen molar-refractivity contribution in [3.63, 3.8) is 0 Å². The molecule has 0 radical (unpaired) electrons. The maximum Gasteiger partial charge on any atom is 0.224 e. The van der Waals surface area contributed by atoms with Crippen molar-refractivity contribution in [2.24, 2.45) is 0 Å². The van der Waals surface area contributed by atoms with Gasteiger partial charge in [0.1, 0.15) is 0 Å². The van der Waals surface area contributed by atoms with Crippen LogP contribution >= 0.6 is 0 Å². The van der Waals surface area contributed by atoms with Crippen molar-refractivity contribution < 1.29 is 13.2 Å². The van der Waals surface area contributed by atoms with E-state index in [1.54, 1.807) is 20.8 Å². The summed E-state index contributed by atoms with van der Waals surface area (Å²) in [4.78, 5) is 12.0. The summed E-state index contributed by atoms with van der Waals surface area (Å²) in [5.74, 6) is -0.0684. The van der Waals surface area contributed by atoms with Crippen LogP contribution in [0.1, 0.15) is 40.0 Å². The molecule has 146 valence electrons. The molecule has 2 aromatic carbocycles. The summed E-state index contributed by atoms with van der Waals surface area (Å²) in [7, 11) is -3.32. The predicted octanol–water partition coefficient (Wildman–Crippen LogP) is 4.18. The van der Waals surface area contributed by atoms with Crippen LogP contribution < -0.4 is 10.0 Å². The molecule has 6 heteroatoms. The van der Waals surface area contributed by atoms with Crippen LogP contribution in [-0.4, -0.2) is 25.6 Å². The monoisotopic (exact) mass is 388 g/mol. The van der Waals surface area contributed by atoms with Gasteiger partial charge < -0.3 is 5.32 Å². The first-order valence-corrected chi connectivity index (χ1v) is 10.6. The molecular formula is C21H28N2O3S. The van der Waals surface area contributed by atoms with Crippen molar-refractivity contribution in [3.05, 3.63) is 54.6 Å². The van der Waals surface area contributed by atoms with Gasteiger partial charge in [0.15, 0.2) is 0 Å². The number of carbonyl (C=O) groups excluding carboxylic acids is 1. The van der Waals surface area contributed by atoms with Gasteiger partial charge in [0.05, 0.1) is 4.75 Å². The summed E-state index contributed by atoms with van der Waals surface area (Å²) < 4.78 is 25.6. The predicted molar refractivity (Wildman–Crippen MR) is 111 cm³/mol. The molecule has 0 aliphatic heterocycles. The van der Waals surface area contributed by atoms with Crippen molar-refractivity contribution in [1.82, 2.24) is 4.72 Å². The van der Waals surface area contributed by atoms with E-state index in [1.807, 2.05) is 54.6 Å². The molecule has 2 aromatic rings. The molecule has 0 saturated heterocycles. The lowest BCUT2D eigenvalue weighted by atomic mass is 10.1. The molecule has 0 saturated carbocycles. The highest BCUT2D eigenvalue weighted by molar-refractivity contribution is 7.90. The number of hydrogen-bond acceptors (Lipinski definition) is 3. The SMILES string of the molecule is CC(C)(C)S(=O)(=O)NCCCCC(=O)Nc1ccc(-c2ccccc2)cc1. The highest BCUT2D eigenvalue weighted by Gasteiger charge is 2.27. The van der Waals surface area contributed by atoms with Gasteiger partial charge in [-0.2, -0.15) is 0 Å². The van der Waals surface area contributed by atoms with Gasteiger partial charge in [0.25, 0.3) is 0 Å².